The number of rotatable bonds is 7. The number of carbonyl (C=O) groups is 2. The van der Waals surface area contributed by atoms with E-state index in [0.717, 1.165) is 11.3 Å². The molecule has 0 aliphatic heterocycles. The van der Waals surface area contributed by atoms with Gasteiger partial charge in [0.2, 0.25) is 0 Å². The Bertz CT molecular complexity index is 705. The van der Waals surface area contributed by atoms with Gasteiger partial charge in [-0.05, 0) is 48.0 Å². The Balaban J connectivity index is 0.00000288. The molecule has 6 heteroatoms. The molecule has 0 bridgehead atoms. The van der Waals surface area contributed by atoms with Crippen LogP contribution in [0.2, 0.25) is 0 Å². The Kier molecular flexibility index (Phi) is 8.26. The molecule has 0 aliphatic rings. The van der Waals surface area contributed by atoms with Gasteiger partial charge < -0.3 is 14.6 Å². The van der Waals surface area contributed by atoms with Crippen molar-refractivity contribution < 1.29 is 24.2 Å². The number of hydrogen-bond acceptors (Lipinski definition) is 4. The van der Waals surface area contributed by atoms with E-state index < -0.39 is 12.6 Å². The van der Waals surface area contributed by atoms with E-state index in [0.29, 0.717) is 11.3 Å². The number of carbonyl (C=O) groups excluding carboxylic acids is 1. The van der Waals surface area contributed by atoms with E-state index in [-0.39, 0.29) is 35.3 Å². The Morgan fingerprint density at radius 2 is 1.58 bits per heavy atom. The minimum absolute atomic E-state index is 0. The summed E-state index contributed by atoms with van der Waals surface area (Å²) in [5.74, 6) is -0.0355. The monoisotopic (exact) mass is 335 g/mol. The van der Waals surface area contributed by atoms with Crippen LogP contribution in [0.25, 0.3) is 6.08 Å². The largest absolute Gasteiger partial charge is 0.497 e. The van der Waals surface area contributed by atoms with E-state index in [4.69, 9.17) is 14.6 Å². The summed E-state index contributed by atoms with van der Waals surface area (Å²) in [6, 6.07) is 13.7. The van der Waals surface area contributed by atoms with Crippen molar-refractivity contribution in [3.63, 3.8) is 0 Å². The molecule has 0 heterocycles. The maximum atomic E-state index is 12.1. The average molecular weight is 335 g/mol. The van der Waals surface area contributed by atoms with Crippen LogP contribution in [-0.4, -0.2) is 60.1 Å². The quantitative estimate of drug-likeness (QED) is 0.478. The van der Waals surface area contributed by atoms with Crippen molar-refractivity contribution in [1.29, 1.82) is 0 Å². The number of ketones is 1. The van der Waals surface area contributed by atoms with Crippen molar-refractivity contribution in [2.24, 2.45) is 0 Å². The maximum absolute atomic E-state index is 12.1. The molecule has 5 nitrogen and oxygen atoms in total. The van der Waals surface area contributed by atoms with Gasteiger partial charge in [-0.15, -0.1) is 0 Å². The number of allylic oxidation sites excluding steroid dienone is 1. The summed E-state index contributed by atoms with van der Waals surface area (Å²) in [7, 11) is 1.60. The van der Waals surface area contributed by atoms with Crippen LogP contribution in [0.15, 0.2) is 54.6 Å². The van der Waals surface area contributed by atoms with Crippen molar-refractivity contribution in [1.82, 2.24) is 0 Å². The second-order valence-electron chi connectivity index (χ2n) is 4.68. The van der Waals surface area contributed by atoms with Crippen molar-refractivity contribution in [2.75, 3.05) is 13.7 Å². The zero-order valence-electron chi connectivity index (χ0n) is 13.6. The Morgan fingerprint density at radius 3 is 2.12 bits per heavy atom. The number of carboxylic acids is 1. The molecule has 0 saturated carbocycles. The van der Waals surface area contributed by atoms with Crippen LogP contribution < -0.4 is 9.47 Å². The van der Waals surface area contributed by atoms with Gasteiger partial charge in [0.05, 0.1) is 7.11 Å². The van der Waals surface area contributed by atoms with Crippen LogP contribution in [0, 0.1) is 0 Å². The van der Waals surface area contributed by atoms with Crippen LogP contribution >= 0.6 is 0 Å². The van der Waals surface area contributed by atoms with Gasteiger partial charge in [-0.1, -0.05) is 18.2 Å². The van der Waals surface area contributed by atoms with Gasteiger partial charge in [-0.25, -0.2) is 4.79 Å². The van der Waals surface area contributed by atoms with Crippen LogP contribution in [-0.2, 0) is 4.79 Å². The normalized spacial score (nSPS) is 10.0. The number of carboxylic acid groups (broad SMARTS) is 1. The van der Waals surface area contributed by atoms with E-state index in [2.05, 4.69) is 0 Å². The minimum Gasteiger partial charge on any atom is -0.497 e. The minimum atomic E-state index is -1.05. The van der Waals surface area contributed by atoms with Gasteiger partial charge in [0.15, 0.2) is 12.4 Å². The van der Waals surface area contributed by atoms with Crippen LogP contribution in [0.4, 0.5) is 0 Å². The summed E-state index contributed by atoms with van der Waals surface area (Å²) >= 11 is 0. The summed E-state index contributed by atoms with van der Waals surface area (Å²) in [6.45, 7) is -0.412. The fourth-order valence-electron chi connectivity index (χ4n) is 1.84. The fraction of sp³-hybridized carbons (Fsp3) is 0.111. The topological polar surface area (TPSA) is 72.8 Å². The molecule has 2 rings (SSSR count). The molecule has 119 valence electrons. The van der Waals surface area contributed by atoms with Crippen LogP contribution in [0.3, 0.4) is 0 Å². The Morgan fingerprint density at radius 1 is 1.00 bits per heavy atom. The molecular weight excluding hydrogens is 319 g/mol. The molecule has 0 amide bonds. The third-order valence-electron chi connectivity index (χ3n) is 3.04. The first-order valence-electron chi connectivity index (χ1n) is 6.89. The van der Waals surface area contributed by atoms with E-state index in [1.54, 1.807) is 37.5 Å². The number of hydrogen-bond donors (Lipinski definition) is 1. The van der Waals surface area contributed by atoms with E-state index in [1.165, 1.54) is 6.08 Å². The van der Waals surface area contributed by atoms with E-state index in [1.807, 2.05) is 24.3 Å². The number of benzene rings is 2. The zero-order valence-corrected chi connectivity index (χ0v) is 15.6. The number of methoxy groups -OCH3 is 1. The van der Waals surface area contributed by atoms with Gasteiger partial charge in [0, 0.05) is 35.1 Å². The smallest absolute Gasteiger partial charge is 0.341 e. The second-order valence-corrected chi connectivity index (χ2v) is 4.68. The van der Waals surface area contributed by atoms with Gasteiger partial charge in [-0.3, -0.25) is 4.79 Å². The third-order valence-corrected chi connectivity index (χ3v) is 3.04. The predicted molar refractivity (Wildman–Crippen MR) is 91.7 cm³/mol. The molecule has 2 aromatic carbocycles. The summed E-state index contributed by atoms with van der Waals surface area (Å²) in [5, 5.41) is 8.53. The Labute approximate surface area is 162 Å². The van der Waals surface area contributed by atoms with Crippen molar-refractivity contribution in [3.05, 3.63) is 65.7 Å². The third kappa shape index (κ3) is 6.20. The number of aliphatic carboxylic acids is 1. The van der Waals surface area contributed by atoms with Gasteiger partial charge in [-0.2, -0.15) is 0 Å². The van der Waals surface area contributed by atoms with Crippen LogP contribution in [0.1, 0.15) is 15.9 Å². The second kappa shape index (κ2) is 9.93. The van der Waals surface area contributed by atoms with E-state index in [9.17, 15) is 9.59 Å². The molecule has 0 spiro atoms. The SMILES string of the molecule is COc1ccc(/C=C/C(=O)c2ccc(OCC(=O)O)cc2)cc1.[Na]. The summed E-state index contributed by atoms with van der Waals surface area (Å²) in [5.41, 5.74) is 1.39. The zero-order chi connectivity index (χ0) is 16.7. The van der Waals surface area contributed by atoms with Crippen molar-refractivity contribution in [2.45, 2.75) is 0 Å². The van der Waals surface area contributed by atoms with Crippen molar-refractivity contribution in [3.8, 4) is 11.5 Å². The summed E-state index contributed by atoms with van der Waals surface area (Å²) < 4.78 is 10.1. The van der Waals surface area contributed by atoms with Gasteiger partial charge >= 0.3 is 5.97 Å². The molecule has 0 atom stereocenters. The first kappa shape index (κ1) is 20.0. The molecule has 1 radical (unpaired) electrons. The maximum Gasteiger partial charge on any atom is 0.341 e. The molecule has 24 heavy (non-hydrogen) atoms. The summed E-state index contributed by atoms with van der Waals surface area (Å²) in [4.78, 5) is 22.5. The van der Waals surface area contributed by atoms with Gasteiger partial charge in [0.1, 0.15) is 11.5 Å². The first-order valence-corrected chi connectivity index (χ1v) is 6.89. The molecule has 0 aliphatic carbocycles. The fourth-order valence-corrected chi connectivity index (χ4v) is 1.84. The van der Waals surface area contributed by atoms with E-state index >= 15 is 0 Å². The molecule has 2 aromatic rings. The van der Waals surface area contributed by atoms with Crippen LogP contribution in [0.5, 0.6) is 11.5 Å². The molecule has 1 N–H and O–H groups in total. The summed E-state index contributed by atoms with van der Waals surface area (Å²) in [6.07, 6.45) is 3.20. The molecule has 0 aromatic heterocycles. The molecular formula is C18H16NaO5. The number of ether oxygens (including phenoxy) is 2. The molecule has 0 unspecified atom stereocenters. The average Bonchev–Trinajstić information content (AvgIpc) is 2.58. The predicted octanol–water partition coefficient (Wildman–Crippen LogP) is 2.67. The van der Waals surface area contributed by atoms with Gasteiger partial charge in [0.25, 0.3) is 0 Å². The standard InChI is InChI=1S/C18H16O5.Na/c1-22-15-7-2-13(3-8-15)4-11-17(19)14-5-9-16(10-6-14)23-12-18(20)21;/h2-11H,12H2,1H3,(H,20,21);/b11-4+;. The molecule has 0 saturated heterocycles. The Hall–Kier alpha value is -2.08. The van der Waals surface area contributed by atoms with Crippen molar-refractivity contribution >= 4 is 47.4 Å². The first-order chi connectivity index (χ1) is 11.1. The molecule has 0 fully saturated rings.